The van der Waals surface area contributed by atoms with E-state index in [0.717, 1.165) is 12.3 Å². The number of rotatable bonds is 5. The Bertz CT molecular complexity index is 439. The van der Waals surface area contributed by atoms with E-state index in [9.17, 15) is 8.78 Å². The van der Waals surface area contributed by atoms with Gasteiger partial charge in [0.05, 0.1) is 0 Å². The Kier molecular flexibility index (Phi) is 5.20. The maximum atomic E-state index is 12.6. The number of ether oxygens (including phenoxy) is 1. The molecule has 1 heterocycles. The van der Waals surface area contributed by atoms with E-state index in [-0.39, 0.29) is 5.41 Å². The zero-order valence-electron chi connectivity index (χ0n) is 13.1. The van der Waals surface area contributed by atoms with Crippen molar-refractivity contribution in [1.82, 2.24) is 4.90 Å². The van der Waals surface area contributed by atoms with Crippen molar-refractivity contribution in [3.8, 4) is 5.75 Å². The van der Waals surface area contributed by atoms with Crippen LogP contribution < -0.4 is 4.74 Å². The third-order valence-corrected chi connectivity index (χ3v) is 4.06. The summed E-state index contributed by atoms with van der Waals surface area (Å²) in [6.45, 7) is 9.03. The first-order chi connectivity index (χ1) is 9.86. The van der Waals surface area contributed by atoms with E-state index >= 15 is 0 Å². The molecule has 118 valence electrons. The van der Waals surface area contributed by atoms with Gasteiger partial charge in [0.1, 0.15) is 12.4 Å². The molecular weight excluding hydrogens is 272 g/mol. The highest BCUT2D eigenvalue weighted by molar-refractivity contribution is 5.31. The predicted octanol–water partition coefficient (Wildman–Crippen LogP) is 3.95. The normalized spacial score (nSPS) is 20.2. The van der Waals surface area contributed by atoms with Gasteiger partial charge in [-0.2, -0.15) is 0 Å². The Morgan fingerprint density at radius 1 is 1.24 bits per heavy atom. The van der Waals surface area contributed by atoms with Crippen LogP contribution in [0.4, 0.5) is 8.78 Å². The fourth-order valence-electron chi connectivity index (χ4n) is 2.62. The van der Waals surface area contributed by atoms with Gasteiger partial charge in [0.25, 0.3) is 0 Å². The minimum Gasteiger partial charge on any atom is -0.492 e. The highest BCUT2D eigenvalue weighted by Crippen LogP contribution is 2.25. The summed E-state index contributed by atoms with van der Waals surface area (Å²) in [6, 6.07) is 8.12. The van der Waals surface area contributed by atoms with Crippen LogP contribution in [0.3, 0.4) is 0 Å². The molecule has 0 saturated carbocycles. The number of benzene rings is 1. The molecule has 2 rings (SSSR count). The van der Waals surface area contributed by atoms with Gasteiger partial charge >= 0.3 is 0 Å². The second-order valence-corrected chi connectivity index (χ2v) is 6.81. The van der Waals surface area contributed by atoms with Gasteiger partial charge in [0.15, 0.2) is 0 Å². The Balaban J connectivity index is 1.74. The van der Waals surface area contributed by atoms with Crippen molar-refractivity contribution in [2.45, 2.75) is 39.0 Å². The fourth-order valence-corrected chi connectivity index (χ4v) is 2.62. The van der Waals surface area contributed by atoms with Crippen LogP contribution >= 0.6 is 0 Å². The third-order valence-electron chi connectivity index (χ3n) is 4.06. The van der Waals surface area contributed by atoms with E-state index in [1.807, 2.05) is 12.1 Å². The standard InChI is InChI=1S/C17H25F2NO/c1-17(2,3)14-4-6-15(7-5-14)21-11-10-20-9-8-13(12-20)16(18)19/h4-7,13,16H,8-12H2,1-3H3/t13-/m0/s1. The van der Waals surface area contributed by atoms with E-state index < -0.39 is 12.3 Å². The molecule has 4 heteroatoms. The molecule has 2 nitrogen and oxygen atoms in total. The van der Waals surface area contributed by atoms with E-state index in [0.29, 0.717) is 26.1 Å². The van der Waals surface area contributed by atoms with Crippen LogP contribution in [0.15, 0.2) is 24.3 Å². The Morgan fingerprint density at radius 2 is 1.90 bits per heavy atom. The van der Waals surface area contributed by atoms with Crippen molar-refractivity contribution in [2.24, 2.45) is 5.92 Å². The SMILES string of the molecule is CC(C)(C)c1ccc(OCCN2CC[C@H](C(F)F)C2)cc1. The van der Waals surface area contributed by atoms with Crippen LogP contribution in [0.5, 0.6) is 5.75 Å². The van der Waals surface area contributed by atoms with Gasteiger partial charge in [-0.3, -0.25) is 4.90 Å². The number of hydrogen-bond donors (Lipinski definition) is 0. The van der Waals surface area contributed by atoms with E-state index in [2.05, 4.69) is 37.8 Å². The monoisotopic (exact) mass is 297 g/mol. The molecule has 0 N–H and O–H groups in total. The lowest BCUT2D eigenvalue weighted by molar-refractivity contribution is 0.0796. The number of nitrogens with zero attached hydrogens (tertiary/aromatic N) is 1. The van der Waals surface area contributed by atoms with Gasteiger partial charge in [0.2, 0.25) is 6.43 Å². The van der Waals surface area contributed by atoms with Crippen LogP contribution in [0.25, 0.3) is 0 Å². The summed E-state index contributed by atoms with van der Waals surface area (Å²) in [7, 11) is 0. The number of hydrogen-bond acceptors (Lipinski definition) is 2. The van der Waals surface area contributed by atoms with Crippen molar-refractivity contribution in [1.29, 1.82) is 0 Å². The molecule has 0 aromatic heterocycles. The minimum atomic E-state index is -2.19. The van der Waals surface area contributed by atoms with Crippen LogP contribution in [-0.2, 0) is 5.41 Å². The zero-order chi connectivity index (χ0) is 15.5. The number of alkyl halides is 2. The maximum absolute atomic E-state index is 12.6. The Hall–Kier alpha value is -1.16. The summed E-state index contributed by atoms with van der Waals surface area (Å²) in [5.41, 5.74) is 1.41. The van der Waals surface area contributed by atoms with Crippen LogP contribution in [-0.4, -0.2) is 37.6 Å². The Labute approximate surface area is 126 Å². The van der Waals surface area contributed by atoms with Crippen LogP contribution in [0, 0.1) is 5.92 Å². The summed E-state index contributed by atoms with van der Waals surface area (Å²) >= 11 is 0. The number of likely N-dealkylation sites (tertiary alicyclic amines) is 1. The minimum absolute atomic E-state index is 0.137. The molecule has 1 aliphatic rings. The molecule has 0 bridgehead atoms. The van der Waals surface area contributed by atoms with E-state index in [1.54, 1.807) is 0 Å². The van der Waals surface area contributed by atoms with Crippen molar-refractivity contribution in [3.05, 3.63) is 29.8 Å². The van der Waals surface area contributed by atoms with Crippen molar-refractivity contribution >= 4 is 0 Å². The highest BCUT2D eigenvalue weighted by Gasteiger charge is 2.29. The first-order valence-corrected chi connectivity index (χ1v) is 7.60. The molecule has 1 fully saturated rings. The largest absolute Gasteiger partial charge is 0.492 e. The van der Waals surface area contributed by atoms with Crippen molar-refractivity contribution < 1.29 is 13.5 Å². The highest BCUT2D eigenvalue weighted by atomic mass is 19.3. The summed E-state index contributed by atoms with van der Waals surface area (Å²) in [5.74, 6) is 0.378. The maximum Gasteiger partial charge on any atom is 0.242 e. The average molecular weight is 297 g/mol. The second-order valence-electron chi connectivity index (χ2n) is 6.81. The predicted molar refractivity (Wildman–Crippen MR) is 81.2 cm³/mol. The van der Waals surface area contributed by atoms with E-state index in [4.69, 9.17) is 4.74 Å². The van der Waals surface area contributed by atoms with Gasteiger partial charge in [-0.05, 0) is 36.1 Å². The first-order valence-electron chi connectivity index (χ1n) is 7.60. The molecule has 21 heavy (non-hydrogen) atoms. The smallest absolute Gasteiger partial charge is 0.242 e. The molecule has 1 atom stereocenters. The lowest BCUT2D eigenvalue weighted by Crippen LogP contribution is -2.27. The van der Waals surface area contributed by atoms with Gasteiger partial charge in [0, 0.05) is 19.0 Å². The molecule has 1 aromatic carbocycles. The Morgan fingerprint density at radius 3 is 2.43 bits per heavy atom. The molecule has 0 amide bonds. The lowest BCUT2D eigenvalue weighted by Gasteiger charge is -2.19. The second kappa shape index (κ2) is 6.73. The van der Waals surface area contributed by atoms with Gasteiger partial charge in [-0.1, -0.05) is 32.9 Å². The van der Waals surface area contributed by atoms with Crippen LogP contribution in [0.2, 0.25) is 0 Å². The topological polar surface area (TPSA) is 12.5 Å². The van der Waals surface area contributed by atoms with Crippen molar-refractivity contribution in [3.63, 3.8) is 0 Å². The lowest BCUT2D eigenvalue weighted by atomic mass is 9.87. The quantitative estimate of drug-likeness (QED) is 0.816. The van der Waals surface area contributed by atoms with E-state index in [1.165, 1.54) is 5.56 Å². The van der Waals surface area contributed by atoms with Gasteiger partial charge in [-0.25, -0.2) is 8.78 Å². The zero-order valence-corrected chi connectivity index (χ0v) is 13.1. The molecule has 0 unspecified atom stereocenters. The summed E-state index contributed by atoms with van der Waals surface area (Å²) in [4.78, 5) is 2.06. The first kappa shape index (κ1) is 16.2. The summed E-state index contributed by atoms with van der Waals surface area (Å²) in [6.07, 6.45) is -1.60. The molecule has 0 spiro atoms. The molecule has 0 radical (unpaired) electrons. The van der Waals surface area contributed by atoms with Gasteiger partial charge in [-0.15, -0.1) is 0 Å². The molecule has 1 aromatic rings. The van der Waals surface area contributed by atoms with Crippen LogP contribution in [0.1, 0.15) is 32.8 Å². The molecular formula is C17H25F2NO. The molecule has 1 saturated heterocycles. The summed E-state index contributed by atoms with van der Waals surface area (Å²) < 4.78 is 30.9. The fraction of sp³-hybridized carbons (Fsp3) is 0.647. The summed E-state index contributed by atoms with van der Waals surface area (Å²) in [5, 5.41) is 0. The third kappa shape index (κ3) is 4.67. The molecule has 1 aliphatic heterocycles. The van der Waals surface area contributed by atoms with Gasteiger partial charge < -0.3 is 4.74 Å². The van der Waals surface area contributed by atoms with Crippen molar-refractivity contribution in [2.75, 3.05) is 26.2 Å². The molecule has 0 aliphatic carbocycles. The average Bonchev–Trinajstić information content (AvgIpc) is 2.87. The number of halogens is 2.